The van der Waals surface area contributed by atoms with Gasteiger partial charge in [-0.05, 0) is 43.3 Å². The zero-order chi connectivity index (χ0) is 15.2. The quantitative estimate of drug-likeness (QED) is 0.881. The monoisotopic (exact) mass is 285 g/mol. The van der Waals surface area contributed by atoms with Crippen LogP contribution in [0.5, 0.6) is 11.5 Å². The van der Waals surface area contributed by atoms with Gasteiger partial charge in [0.25, 0.3) is 5.91 Å². The van der Waals surface area contributed by atoms with Crippen molar-refractivity contribution in [3.05, 3.63) is 54.1 Å². The van der Waals surface area contributed by atoms with Gasteiger partial charge < -0.3 is 15.0 Å². The molecule has 0 saturated heterocycles. The smallest absolute Gasteiger partial charge is 0.279 e. The molecule has 0 bridgehead atoms. The minimum absolute atomic E-state index is 0.00204. The molecule has 0 spiro atoms. The second-order valence-corrected chi connectivity index (χ2v) is 5.37. The van der Waals surface area contributed by atoms with Gasteiger partial charge in [-0.1, -0.05) is 17.7 Å². The number of aryl methyl sites for hydroxylation is 1. The highest BCUT2D eigenvalue weighted by Crippen LogP contribution is 2.23. The predicted octanol–water partition coefficient (Wildman–Crippen LogP) is 1.87. The normalized spacial score (nSPS) is 10.5. The number of benzene rings is 2. The zero-order valence-corrected chi connectivity index (χ0v) is 12.6. The number of nitrogens with one attached hydrogen (secondary N) is 2. The van der Waals surface area contributed by atoms with E-state index in [2.05, 4.69) is 5.32 Å². The van der Waals surface area contributed by atoms with Crippen molar-refractivity contribution < 1.29 is 14.4 Å². The van der Waals surface area contributed by atoms with Gasteiger partial charge in [0.15, 0.2) is 6.54 Å². The fourth-order valence-electron chi connectivity index (χ4n) is 1.88. The fourth-order valence-corrected chi connectivity index (χ4v) is 1.88. The van der Waals surface area contributed by atoms with Gasteiger partial charge in [0.1, 0.15) is 11.5 Å². The molecule has 110 valence electrons. The number of anilines is 1. The molecule has 1 amide bonds. The number of amides is 1. The summed E-state index contributed by atoms with van der Waals surface area (Å²) in [6.45, 7) is 2.48. The first-order valence-corrected chi connectivity index (χ1v) is 6.96. The summed E-state index contributed by atoms with van der Waals surface area (Å²) >= 11 is 0. The number of likely N-dealkylation sites (N-methyl/N-ethyl adjacent to an activating group) is 1. The summed E-state index contributed by atoms with van der Waals surface area (Å²) in [6.07, 6.45) is 0. The first-order valence-electron chi connectivity index (χ1n) is 6.96. The van der Waals surface area contributed by atoms with Crippen LogP contribution in [0.4, 0.5) is 5.69 Å². The first kappa shape index (κ1) is 15.1. The van der Waals surface area contributed by atoms with Gasteiger partial charge in [0, 0.05) is 5.69 Å². The van der Waals surface area contributed by atoms with Crippen LogP contribution >= 0.6 is 0 Å². The Morgan fingerprint density at radius 1 is 1.00 bits per heavy atom. The van der Waals surface area contributed by atoms with Crippen molar-refractivity contribution >= 4 is 11.6 Å². The molecule has 0 heterocycles. The molecule has 0 atom stereocenters. The third-order valence-corrected chi connectivity index (χ3v) is 2.91. The molecule has 4 heteroatoms. The van der Waals surface area contributed by atoms with E-state index < -0.39 is 0 Å². The van der Waals surface area contributed by atoms with E-state index in [1.54, 1.807) is 0 Å². The Morgan fingerprint density at radius 2 is 1.52 bits per heavy atom. The molecule has 0 aromatic heterocycles. The highest BCUT2D eigenvalue weighted by molar-refractivity contribution is 5.91. The van der Waals surface area contributed by atoms with Gasteiger partial charge in [-0.25, -0.2) is 0 Å². The zero-order valence-electron chi connectivity index (χ0n) is 12.6. The van der Waals surface area contributed by atoms with Gasteiger partial charge >= 0.3 is 0 Å². The summed E-state index contributed by atoms with van der Waals surface area (Å²) in [6, 6.07) is 15.3. The van der Waals surface area contributed by atoms with Crippen LogP contribution in [-0.4, -0.2) is 26.5 Å². The maximum Gasteiger partial charge on any atom is 0.279 e. The molecule has 2 rings (SSSR count). The molecular weight excluding hydrogens is 264 g/mol. The van der Waals surface area contributed by atoms with Crippen LogP contribution in [0.3, 0.4) is 0 Å². The van der Waals surface area contributed by atoms with E-state index >= 15 is 0 Å². The van der Waals surface area contributed by atoms with Crippen molar-refractivity contribution in [3.63, 3.8) is 0 Å². The van der Waals surface area contributed by atoms with E-state index in [0.29, 0.717) is 6.54 Å². The van der Waals surface area contributed by atoms with Crippen molar-refractivity contribution in [1.29, 1.82) is 0 Å². The molecule has 2 aromatic carbocycles. The van der Waals surface area contributed by atoms with E-state index in [1.165, 1.54) is 5.56 Å². The number of rotatable bonds is 5. The number of carbonyl (C=O) groups excluding carboxylic acids is 1. The van der Waals surface area contributed by atoms with Crippen molar-refractivity contribution in [1.82, 2.24) is 0 Å². The molecule has 0 aliphatic rings. The predicted molar refractivity (Wildman–Crippen MR) is 84.0 cm³/mol. The van der Waals surface area contributed by atoms with Crippen LogP contribution in [0.15, 0.2) is 48.5 Å². The third kappa shape index (κ3) is 4.93. The number of hydrogen-bond acceptors (Lipinski definition) is 2. The maximum absolute atomic E-state index is 11.7. The Kier molecular flexibility index (Phi) is 4.95. The highest BCUT2D eigenvalue weighted by Gasteiger charge is 2.06. The molecule has 0 unspecified atom stereocenters. The van der Waals surface area contributed by atoms with Crippen LogP contribution in [0.1, 0.15) is 5.56 Å². The molecule has 0 aliphatic carbocycles. The fraction of sp³-hybridized carbons (Fsp3) is 0.235. The average molecular weight is 285 g/mol. The number of carbonyl (C=O) groups is 1. The lowest BCUT2D eigenvalue weighted by atomic mass is 10.2. The summed E-state index contributed by atoms with van der Waals surface area (Å²) in [4.78, 5) is 12.8. The van der Waals surface area contributed by atoms with Crippen LogP contribution in [0, 0.1) is 6.92 Å². The second kappa shape index (κ2) is 6.90. The van der Waals surface area contributed by atoms with Crippen LogP contribution in [0.25, 0.3) is 0 Å². The average Bonchev–Trinajstić information content (AvgIpc) is 2.42. The van der Waals surface area contributed by atoms with Gasteiger partial charge in [-0.15, -0.1) is 0 Å². The summed E-state index contributed by atoms with van der Waals surface area (Å²) in [5.74, 6) is 1.55. The van der Waals surface area contributed by atoms with E-state index in [-0.39, 0.29) is 5.91 Å². The minimum atomic E-state index is 0.00204. The lowest BCUT2D eigenvalue weighted by Crippen LogP contribution is -3.06. The van der Waals surface area contributed by atoms with E-state index in [9.17, 15) is 4.79 Å². The van der Waals surface area contributed by atoms with Crippen LogP contribution in [0.2, 0.25) is 0 Å². The molecule has 2 aromatic rings. The Bertz CT molecular complexity index is 589. The van der Waals surface area contributed by atoms with Crippen LogP contribution in [-0.2, 0) is 4.79 Å². The van der Waals surface area contributed by atoms with E-state index in [0.717, 1.165) is 22.1 Å². The van der Waals surface area contributed by atoms with Crippen molar-refractivity contribution in [3.8, 4) is 11.5 Å². The highest BCUT2D eigenvalue weighted by atomic mass is 16.5. The molecule has 0 aliphatic heterocycles. The van der Waals surface area contributed by atoms with Gasteiger partial charge in [-0.3, -0.25) is 4.79 Å². The van der Waals surface area contributed by atoms with Crippen LogP contribution < -0.4 is 15.0 Å². The Balaban J connectivity index is 1.95. The number of quaternary nitrogens is 1. The largest absolute Gasteiger partial charge is 0.457 e. The Labute approximate surface area is 125 Å². The number of hydrogen-bond donors (Lipinski definition) is 2. The lowest BCUT2D eigenvalue weighted by Gasteiger charge is -2.09. The Hall–Kier alpha value is -2.33. The van der Waals surface area contributed by atoms with Gasteiger partial charge in [0.2, 0.25) is 0 Å². The number of ether oxygens (including phenoxy) is 1. The molecule has 21 heavy (non-hydrogen) atoms. The first-order chi connectivity index (χ1) is 10.0. The Morgan fingerprint density at radius 3 is 2.05 bits per heavy atom. The molecule has 2 N–H and O–H groups in total. The SMILES string of the molecule is Cc1ccc(Oc2ccc(NC(=O)C[NH+](C)C)cc2)cc1. The van der Waals surface area contributed by atoms with Gasteiger partial charge in [-0.2, -0.15) is 0 Å². The summed E-state index contributed by atoms with van der Waals surface area (Å²) < 4.78 is 5.74. The summed E-state index contributed by atoms with van der Waals surface area (Å²) in [7, 11) is 3.89. The van der Waals surface area contributed by atoms with E-state index in [4.69, 9.17) is 4.74 Å². The standard InChI is InChI=1S/C17H20N2O2/c1-13-4-8-15(9-5-13)21-16-10-6-14(7-11-16)18-17(20)12-19(2)3/h4-11H,12H2,1-3H3,(H,18,20)/p+1. The summed E-state index contributed by atoms with van der Waals surface area (Å²) in [5, 5.41) is 2.86. The molecule has 4 nitrogen and oxygen atoms in total. The van der Waals surface area contributed by atoms with E-state index in [1.807, 2.05) is 69.6 Å². The third-order valence-electron chi connectivity index (χ3n) is 2.91. The van der Waals surface area contributed by atoms with Crippen molar-refractivity contribution in [2.75, 3.05) is 26.0 Å². The molecule has 0 radical (unpaired) electrons. The maximum atomic E-state index is 11.7. The molecule has 0 fully saturated rings. The molecule has 0 saturated carbocycles. The van der Waals surface area contributed by atoms with Gasteiger partial charge in [0.05, 0.1) is 14.1 Å². The molecular formula is C17H21N2O2+. The van der Waals surface area contributed by atoms with Crippen molar-refractivity contribution in [2.45, 2.75) is 6.92 Å². The van der Waals surface area contributed by atoms with Crippen molar-refractivity contribution in [2.24, 2.45) is 0 Å². The summed E-state index contributed by atoms with van der Waals surface area (Å²) in [5.41, 5.74) is 1.97. The minimum Gasteiger partial charge on any atom is -0.457 e. The lowest BCUT2D eigenvalue weighted by molar-refractivity contribution is -0.849. The second-order valence-electron chi connectivity index (χ2n) is 5.37. The topological polar surface area (TPSA) is 42.8 Å².